The van der Waals surface area contributed by atoms with Crippen molar-refractivity contribution in [2.75, 3.05) is 11.9 Å². The number of nitrogens with zero attached hydrogens (tertiary/aromatic N) is 2. The van der Waals surface area contributed by atoms with E-state index in [0.29, 0.717) is 16.7 Å². The number of anilines is 1. The van der Waals surface area contributed by atoms with Gasteiger partial charge in [0.15, 0.2) is 11.7 Å². The van der Waals surface area contributed by atoms with Crippen molar-refractivity contribution in [2.24, 2.45) is 0 Å². The van der Waals surface area contributed by atoms with E-state index in [9.17, 15) is 28.1 Å². The number of carbonyl (C=O) groups excluding carboxylic acids is 2. The summed E-state index contributed by atoms with van der Waals surface area (Å²) in [6, 6.07) is 11.5. The summed E-state index contributed by atoms with van der Waals surface area (Å²) in [4.78, 5) is 38.5. The summed E-state index contributed by atoms with van der Waals surface area (Å²) in [5, 5.41) is 14.0. The van der Waals surface area contributed by atoms with Crippen molar-refractivity contribution in [3.63, 3.8) is 0 Å². The van der Waals surface area contributed by atoms with Crippen LogP contribution in [-0.2, 0) is 19.4 Å². The zero-order chi connectivity index (χ0) is 24.5. The van der Waals surface area contributed by atoms with E-state index in [1.165, 1.54) is 0 Å². The number of thiophene rings is 1. The van der Waals surface area contributed by atoms with Crippen LogP contribution in [0.15, 0.2) is 63.8 Å². The number of esters is 1. The van der Waals surface area contributed by atoms with Crippen LogP contribution in [0.3, 0.4) is 0 Å². The maximum absolute atomic E-state index is 12.7. The van der Waals surface area contributed by atoms with Crippen molar-refractivity contribution >= 4 is 76.9 Å². The lowest BCUT2D eigenvalue weighted by Crippen LogP contribution is -2.20. The molecule has 1 amide bonds. The van der Waals surface area contributed by atoms with Crippen LogP contribution in [0.1, 0.15) is 9.67 Å². The second kappa shape index (κ2) is 9.46. The minimum Gasteiger partial charge on any atom is -0.451 e. The molecule has 0 saturated heterocycles. The Morgan fingerprint density at radius 2 is 1.82 bits per heavy atom. The molecule has 0 saturated carbocycles. The highest BCUT2D eigenvalue weighted by Gasteiger charge is 2.23. The Balaban J connectivity index is 1.39. The second-order valence-corrected chi connectivity index (χ2v) is 11.2. The molecule has 0 bridgehead atoms. The highest BCUT2D eigenvalue weighted by Crippen LogP contribution is 2.35. The van der Waals surface area contributed by atoms with Gasteiger partial charge in [-0.3, -0.25) is 20.2 Å². The molecular weight excluding hydrogens is 526 g/mol. The number of aromatic nitrogens is 1. The summed E-state index contributed by atoms with van der Waals surface area (Å²) in [7, 11) is -3.99. The summed E-state index contributed by atoms with van der Waals surface area (Å²) in [5.41, 5.74) is -0.248. The SMILES string of the molecule is O=C(COC(=O)c1sc2ccccc2c1Cl)Nc1ncc(S(=O)(=O)c2ccc([N+](=O)[O-])cc2)s1. The van der Waals surface area contributed by atoms with Crippen LogP contribution in [0, 0.1) is 10.1 Å². The largest absolute Gasteiger partial charge is 0.451 e. The zero-order valence-electron chi connectivity index (χ0n) is 16.8. The number of nitrogens with one attached hydrogen (secondary N) is 1. The molecule has 1 N–H and O–H groups in total. The number of thiazole rings is 1. The highest BCUT2D eigenvalue weighted by molar-refractivity contribution is 7.93. The number of hydrogen-bond acceptors (Lipinski definition) is 10. The third kappa shape index (κ3) is 4.77. The first kappa shape index (κ1) is 23.8. The highest BCUT2D eigenvalue weighted by atomic mass is 35.5. The number of ether oxygens (including phenoxy) is 1. The van der Waals surface area contributed by atoms with Crippen molar-refractivity contribution in [3.8, 4) is 0 Å². The van der Waals surface area contributed by atoms with Crippen LogP contribution in [0.5, 0.6) is 0 Å². The normalized spacial score (nSPS) is 11.3. The van der Waals surface area contributed by atoms with Crippen molar-refractivity contribution in [1.29, 1.82) is 0 Å². The molecule has 14 heteroatoms. The molecule has 0 radical (unpaired) electrons. The number of benzene rings is 2. The van der Waals surface area contributed by atoms with E-state index in [2.05, 4.69) is 10.3 Å². The van der Waals surface area contributed by atoms with Crippen molar-refractivity contribution in [2.45, 2.75) is 9.10 Å². The first-order valence-electron chi connectivity index (χ1n) is 9.26. The van der Waals surface area contributed by atoms with E-state index in [4.69, 9.17) is 16.3 Å². The average molecular weight is 538 g/mol. The summed E-state index contributed by atoms with van der Waals surface area (Å²) < 4.78 is 31.0. The number of sulfone groups is 1. The summed E-state index contributed by atoms with van der Waals surface area (Å²) in [6.45, 7) is -0.632. The van der Waals surface area contributed by atoms with E-state index in [0.717, 1.165) is 46.5 Å². The minimum absolute atomic E-state index is 0.0265. The quantitative estimate of drug-likeness (QED) is 0.205. The summed E-state index contributed by atoms with van der Waals surface area (Å²) >= 11 is 8.05. The van der Waals surface area contributed by atoms with Crippen LogP contribution in [0.4, 0.5) is 10.8 Å². The first-order valence-corrected chi connectivity index (χ1v) is 12.8. The van der Waals surface area contributed by atoms with Gasteiger partial charge in [-0.25, -0.2) is 18.2 Å². The first-order chi connectivity index (χ1) is 16.2. The Morgan fingerprint density at radius 3 is 2.50 bits per heavy atom. The van der Waals surface area contributed by atoms with Gasteiger partial charge in [0, 0.05) is 22.2 Å². The monoisotopic (exact) mass is 537 g/mol. The number of fused-ring (bicyclic) bond motifs is 1. The standard InChI is InChI=1S/C20H12ClN3O7S3/c21-17-13-3-1-2-4-14(13)32-18(17)19(26)31-10-15(25)23-20-22-9-16(33-20)34(29,30)12-7-5-11(6-8-12)24(27)28/h1-9H,10H2,(H,22,23,25). The van der Waals surface area contributed by atoms with Crippen LogP contribution in [0.2, 0.25) is 5.02 Å². The minimum atomic E-state index is -3.99. The zero-order valence-corrected chi connectivity index (χ0v) is 20.0. The number of halogens is 1. The summed E-state index contributed by atoms with van der Waals surface area (Å²) in [6.07, 6.45) is 1.06. The molecule has 2 aromatic carbocycles. The van der Waals surface area contributed by atoms with Gasteiger partial charge in [-0.05, 0) is 18.2 Å². The molecule has 0 spiro atoms. The van der Waals surface area contributed by atoms with Gasteiger partial charge >= 0.3 is 5.97 Å². The Hall–Kier alpha value is -3.39. The van der Waals surface area contributed by atoms with Crippen molar-refractivity contribution in [3.05, 3.63) is 74.7 Å². The Kier molecular flexibility index (Phi) is 6.61. The molecule has 0 aliphatic heterocycles. The molecule has 10 nitrogen and oxygen atoms in total. The Morgan fingerprint density at radius 1 is 1.12 bits per heavy atom. The fourth-order valence-corrected chi connectivity index (χ4v) is 6.65. The molecule has 2 heterocycles. The maximum Gasteiger partial charge on any atom is 0.350 e. The fourth-order valence-electron chi connectivity index (χ4n) is 2.80. The molecule has 174 valence electrons. The summed E-state index contributed by atoms with van der Waals surface area (Å²) in [5.74, 6) is -1.49. The number of rotatable bonds is 7. The van der Waals surface area contributed by atoms with Crippen LogP contribution >= 0.6 is 34.3 Å². The number of hydrogen-bond donors (Lipinski definition) is 1. The molecule has 0 aliphatic carbocycles. The van der Waals surface area contributed by atoms with Crippen LogP contribution in [0.25, 0.3) is 10.1 Å². The molecule has 4 aromatic rings. The van der Waals surface area contributed by atoms with E-state index >= 15 is 0 Å². The molecule has 0 atom stereocenters. The predicted molar refractivity (Wildman–Crippen MR) is 126 cm³/mol. The van der Waals surface area contributed by atoms with E-state index in [1.807, 2.05) is 6.07 Å². The molecule has 4 rings (SSSR count). The van der Waals surface area contributed by atoms with Gasteiger partial charge < -0.3 is 4.74 Å². The molecule has 2 aromatic heterocycles. The number of non-ortho nitro benzene ring substituents is 1. The fraction of sp³-hybridized carbons (Fsp3) is 0.0500. The van der Waals surface area contributed by atoms with E-state index < -0.39 is 33.2 Å². The molecule has 34 heavy (non-hydrogen) atoms. The lowest BCUT2D eigenvalue weighted by atomic mass is 10.2. The lowest BCUT2D eigenvalue weighted by molar-refractivity contribution is -0.384. The van der Waals surface area contributed by atoms with Gasteiger partial charge in [0.25, 0.3) is 11.6 Å². The lowest BCUT2D eigenvalue weighted by Gasteiger charge is -2.04. The smallest absolute Gasteiger partial charge is 0.350 e. The second-order valence-electron chi connectivity index (χ2n) is 6.60. The number of amides is 1. The number of nitro benzene ring substituents is 1. The topological polar surface area (TPSA) is 146 Å². The molecule has 0 aliphatic rings. The third-order valence-electron chi connectivity index (χ3n) is 4.41. The van der Waals surface area contributed by atoms with Crippen molar-refractivity contribution in [1.82, 2.24) is 4.98 Å². The van der Waals surface area contributed by atoms with Gasteiger partial charge in [0.1, 0.15) is 9.09 Å². The Bertz CT molecular complexity index is 1530. The van der Waals surface area contributed by atoms with Crippen molar-refractivity contribution < 1.29 is 27.7 Å². The molecule has 0 unspecified atom stereocenters. The van der Waals surface area contributed by atoms with Gasteiger partial charge in [-0.1, -0.05) is 41.1 Å². The van der Waals surface area contributed by atoms with E-state index in [-0.39, 0.29) is 29.8 Å². The third-order valence-corrected chi connectivity index (χ3v) is 9.21. The van der Waals surface area contributed by atoms with Gasteiger partial charge in [0.05, 0.1) is 21.0 Å². The van der Waals surface area contributed by atoms with Gasteiger partial charge in [0.2, 0.25) is 9.84 Å². The Labute approximate surface area is 204 Å². The predicted octanol–water partition coefficient (Wildman–Crippen LogP) is 4.55. The van der Waals surface area contributed by atoms with E-state index in [1.54, 1.807) is 18.2 Å². The van der Waals surface area contributed by atoms with Crippen LogP contribution in [-0.4, -0.2) is 36.8 Å². The molecular formula is C20H12ClN3O7S3. The maximum atomic E-state index is 12.7. The number of carbonyl (C=O) groups is 2. The van der Waals surface area contributed by atoms with Gasteiger partial charge in [-0.2, -0.15) is 0 Å². The average Bonchev–Trinajstić information content (AvgIpc) is 3.43. The van der Waals surface area contributed by atoms with Crippen LogP contribution < -0.4 is 5.32 Å². The molecule has 0 fully saturated rings. The van der Waals surface area contributed by atoms with Gasteiger partial charge in [-0.15, -0.1) is 11.3 Å². The number of nitro groups is 1.